The Balaban J connectivity index is 2.44. The van der Waals surface area contributed by atoms with E-state index in [1.54, 1.807) is 0 Å². The quantitative estimate of drug-likeness (QED) is 0.770. The van der Waals surface area contributed by atoms with E-state index in [-0.39, 0.29) is 0 Å². The van der Waals surface area contributed by atoms with Gasteiger partial charge in [0.2, 0.25) is 0 Å². The highest BCUT2D eigenvalue weighted by atomic mass is 16.5. The first-order valence-corrected chi connectivity index (χ1v) is 6.05. The van der Waals surface area contributed by atoms with Gasteiger partial charge in [-0.25, -0.2) is 0 Å². The normalized spacial score (nSPS) is 11.6. The maximum Gasteiger partial charge on any atom is 0.151 e. The number of aromatic nitrogens is 1. The van der Waals surface area contributed by atoms with Crippen molar-refractivity contribution in [2.45, 2.75) is 46.8 Å². The predicted octanol–water partition coefficient (Wildman–Crippen LogP) is 2.01. The fourth-order valence-electron chi connectivity index (χ4n) is 1.49. The Hall–Kier alpha value is -0.870. The molecule has 0 aliphatic rings. The van der Waals surface area contributed by atoms with Crippen LogP contribution in [-0.2, 0) is 13.1 Å². The van der Waals surface area contributed by atoms with Crippen molar-refractivity contribution >= 4 is 0 Å². The lowest BCUT2D eigenvalue weighted by molar-refractivity contribution is 0.251. The second kappa shape index (κ2) is 6.66. The van der Waals surface area contributed by atoms with E-state index in [0.717, 1.165) is 37.6 Å². The van der Waals surface area contributed by atoms with Gasteiger partial charge in [0.1, 0.15) is 0 Å². The molecule has 1 heterocycles. The van der Waals surface area contributed by atoms with E-state index in [0.29, 0.717) is 6.04 Å². The Morgan fingerprint density at radius 1 is 1.38 bits per heavy atom. The van der Waals surface area contributed by atoms with Crippen LogP contribution in [-0.4, -0.2) is 29.2 Å². The first-order chi connectivity index (χ1) is 7.65. The van der Waals surface area contributed by atoms with Crippen LogP contribution in [0, 0.1) is 0 Å². The van der Waals surface area contributed by atoms with Crippen LogP contribution in [0.5, 0.6) is 0 Å². The second-order valence-electron chi connectivity index (χ2n) is 4.28. The Bertz CT molecular complexity index is 292. The van der Waals surface area contributed by atoms with Crippen LogP contribution in [0.2, 0.25) is 0 Å². The zero-order valence-electron chi connectivity index (χ0n) is 10.8. The molecule has 0 fully saturated rings. The highest BCUT2D eigenvalue weighted by Gasteiger charge is 2.07. The smallest absolute Gasteiger partial charge is 0.151 e. The van der Waals surface area contributed by atoms with Crippen LogP contribution in [0.3, 0.4) is 0 Å². The predicted molar refractivity (Wildman–Crippen MR) is 65.1 cm³/mol. The van der Waals surface area contributed by atoms with Crippen molar-refractivity contribution in [3.05, 3.63) is 17.5 Å². The largest absolute Gasteiger partial charge is 0.360 e. The molecule has 0 amide bonds. The molecule has 0 aromatic carbocycles. The van der Waals surface area contributed by atoms with Crippen molar-refractivity contribution in [1.29, 1.82) is 0 Å². The highest BCUT2D eigenvalue weighted by Crippen LogP contribution is 2.07. The van der Waals surface area contributed by atoms with Crippen LogP contribution in [0.15, 0.2) is 10.6 Å². The van der Waals surface area contributed by atoms with Crippen molar-refractivity contribution in [2.24, 2.45) is 0 Å². The number of nitrogens with zero attached hydrogens (tertiary/aromatic N) is 2. The minimum absolute atomic E-state index is 0.475. The zero-order valence-corrected chi connectivity index (χ0v) is 10.8. The number of hydrogen-bond acceptors (Lipinski definition) is 4. The van der Waals surface area contributed by atoms with E-state index in [9.17, 15) is 0 Å². The minimum atomic E-state index is 0.475. The molecule has 1 N–H and O–H groups in total. The highest BCUT2D eigenvalue weighted by molar-refractivity contribution is 5.05. The summed E-state index contributed by atoms with van der Waals surface area (Å²) in [4.78, 5) is 2.31. The summed E-state index contributed by atoms with van der Waals surface area (Å²) in [7, 11) is 0. The van der Waals surface area contributed by atoms with E-state index >= 15 is 0 Å². The summed E-state index contributed by atoms with van der Waals surface area (Å²) in [5.74, 6) is 0.948. The molecule has 4 nitrogen and oxygen atoms in total. The van der Waals surface area contributed by atoms with Crippen LogP contribution in [0.25, 0.3) is 0 Å². The maximum absolute atomic E-state index is 5.30. The van der Waals surface area contributed by atoms with Gasteiger partial charge < -0.3 is 9.84 Å². The monoisotopic (exact) mass is 225 g/mol. The van der Waals surface area contributed by atoms with Crippen molar-refractivity contribution in [3.63, 3.8) is 0 Å². The molecule has 0 aliphatic heterocycles. The third-order valence-electron chi connectivity index (χ3n) is 2.57. The van der Waals surface area contributed by atoms with Crippen molar-refractivity contribution in [3.8, 4) is 0 Å². The number of rotatable bonds is 7. The van der Waals surface area contributed by atoms with Crippen LogP contribution >= 0.6 is 0 Å². The molecular formula is C12H23N3O. The molecule has 1 aromatic rings. The van der Waals surface area contributed by atoms with Gasteiger partial charge >= 0.3 is 0 Å². The lowest BCUT2D eigenvalue weighted by Gasteiger charge is -2.15. The average molecular weight is 225 g/mol. The minimum Gasteiger partial charge on any atom is -0.360 e. The Labute approximate surface area is 98.0 Å². The van der Waals surface area contributed by atoms with Crippen LogP contribution in [0.4, 0.5) is 0 Å². The van der Waals surface area contributed by atoms with Gasteiger partial charge in [0.05, 0.1) is 12.2 Å². The van der Waals surface area contributed by atoms with Gasteiger partial charge in [-0.2, -0.15) is 0 Å². The number of hydrogen-bond donors (Lipinski definition) is 1. The Kier molecular flexibility index (Phi) is 5.49. The third-order valence-corrected chi connectivity index (χ3v) is 2.57. The summed E-state index contributed by atoms with van der Waals surface area (Å²) in [6, 6.07) is 2.51. The molecule has 0 saturated heterocycles. The van der Waals surface area contributed by atoms with E-state index in [1.807, 2.05) is 6.07 Å². The molecule has 0 atom stereocenters. The molecule has 4 heteroatoms. The van der Waals surface area contributed by atoms with E-state index < -0.39 is 0 Å². The first kappa shape index (κ1) is 13.2. The molecule has 1 aromatic heterocycles. The van der Waals surface area contributed by atoms with Crippen molar-refractivity contribution < 1.29 is 4.52 Å². The molecule has 0 bridgehead atoms. The molecule has 0 unspecified atom stereocenters. The van der Waals surface area contributed by atoms with E-state index in [4.69, 9.17) is 4.52 Å². The Morgan fingerprint density at radius 2 is 2.06 bits per heavy atom. The molecule has 0 saturated carbocycles. The fraction of sp³-hybridized carbons (Fsp3) is 0.750. The second-order valence-corrected chi connectivity index (χ2v) is 4.28. The summed E-state index contributed by atoms with van der Waals surface area (Å²) in [5.41, 5.74) is 0.982. The van der Waals surface area contributed by atoms with Gasteiger partial charge in [-0.1, -0.05) is 32.9 Å². The van der Waals surface area contributed by atoms with Gasteiger partial charge in [0, 0.05) is 18.7 Å². The summed E-state index contributed by atoms with van der Waals surface area (Å²) >= 11 is 0. The molecule has 16 heavy (non-hydrogen) atoms. The molecule has 0 spiro atoms. The van der Waals surface area contributed by atoms with Crippen LogP contribution < -0.4 is 5.32 Å². The van der Waals surface area contributed by atoms with Gasteiger partial charge in [0.15, 0.2) is 5.76 Å². The molecule has 0 radical (unpaired) electrons. The summed E-state index contributed by atoms with van der Waals surface area (Å²) < 4.78 is 5.30. The lowest BCUT2D eigenvalue weighted by Crippen LogP contribution is -2.22. The average Bonchev–Trinajstić information content (AvgIpc) is 2.70. The standard InChI is InChI=1S/C12H23N3O/c1-5-15(6-2)9-12-7-11(14-16-12)8-13-10(3)4/h7,10,13H,5-6,8-9H2,1-4H3. The van der Waals surface area contributed by atoms with Crippen LogP contribution in [0.1, 0.15) is 39.1 Å². The molecular weight excluding hydrogens is 202 g/mol. The summed E-state index contributed by atoms with van der Waals surface area (Å²) in [5, 5.41) is 7.37. The van der Waals surface area contributed by atoms with Gasteiger partial charge in [0.25, 0.3) is 0 Å². The molecule has 0 aliphatic carbocycles. The zero-order chi connectivity index (χ0) is 12.0. The summed E-state index contributed by atoms with van der Waals surface area (Å²) in [6.07, 6.45) is 0. The number of nitrogens with one attached hydrogen (secondary N) is 1. The van der Waals surface area contributed by atoms with E-state index in [2.05, 4.69) is 43.1 Å². The topological polar surface area (TPSA) is 41.3 Å². The summed E-state index contributed by atoms with van der Waals surface area (Å²) in [6.45, 7) is 12.3. The van der Waals surface area contributed by atoms with Gasteiger partial charge in [-0.3, -0.25) is 4.90 Å². The van der Waals surface area contributed by atoms with Crippen molar-refractivity contribution in [2.75, 3.05) is 13.1 Å². The fourth-order valence-corrected chi connectivity index (χ4v) is 1.49. The first-order valence-electron chi connectivity index (χ1n) is 6.05. The van der Waals surface area contributed by atoms with E-state index in [1.165, 1.54) is 0 Å². The molecule has 92 valence electrons. The molecule has 1 rings (SSSR count). The SMILES string of the molecule is CCN(CC)Cc1cc(CNC(C)C)no1. The van der Waals surface area contributed by atoms with Gasteiger partial charge in [-0.15, -0.1) is 0 Å². The van der Waals surface area contributed by atoms with Crippen molar-refractivity contribution in [1.82, 2.24) is 15.4 Å². The lowest BCUT2D eigenvalue weighted by atomic mass is 10.3. The third kappa shape index (κ3) is 4.33. The maximum atomic E-state index is 5.30. The Morgan fingerprint density at radius 3 is 2.62 bits per heavy atom. The van der Waals surface area contributed by atoms with Gasteiger partial charge in [-0.05, 0) is 13.1 Å².